The molecule has 2 rings (SSSR count). The molecule has 11 heavy (non-hydrogen) atoms. The molecule has 2 heterocycles. The highest BCUT2D eigenvalue weighted by molar-refractivity contribution is 5.05. The average Bonchev–Trinajstić information content (AvgIpc) is 2.55. The standard InChI is InChI=1S/C7H11N3O/c8-7-4-5(9-10-7)6-2-1-3-11-6/h1-3,5,7,9-10H,4,8H2. The minimum Gasteiger partial charge on any atom is -0.468 e. The molecule has 2 atom stereocenters. The van der Waals surface area contributed by atoms with E-state index < -0.39 is 0 Å². The molecule has 1 aliphatic heterocycles. The van der Waals surface area contributed by atoms with Gasteiger partial charge < -0.3 is 10.2 Å². The maximum Gasteiger partial charge on any atom is 0.122 e. The van der Waals surface area contributed by atoms with E-state index in [4.69, 9.17) is 10.2 Å². The van der Waals surface area contributed by atoms with E-state index in [2.05, 4.69) is 10.9 Å². The first-order valence-corrected chi connectivity index (χ1v) is 3.66. The van der Waals surface area contributed by atoms with E-state index in [1.54, 1.807) is 6.26 Å². The third-order valence-corrected chi connectivity index (χ3v) is 1.82. The number of nitrogens with one attached hydrogen (secondary N) is 2. The largest absolute Gasteiger partial charge is 0.468 e. The summed E-state index contributed by atoms with van der Waals surface area (Å²) in [5.74, 6) is 0.936. The number of hydrazine groups is 1. The summed E-state index contributed by atoms with van der Waals surface area (Å²) >= 11 is 0. The van der Waals surface area contributed by atoms with Crippen LogP contribution in [0.3, 0.4) is 0 Å². The summed E-state index contributed by atoms with van der Waals surface area (Å²) in [4.78, 5) is 0. The van der Waals surface area contributed by atoms with Crippen molar-refractivity contribution < 1.29 is 4.42 Å². The first-order chi connectivity index (χ1) is 5.36. The summed E-state index contributed by atoms with van der Waals surface area (Å²) < 4.78 is 5.21. The average molecular weight is 153 g/mol. The summed E-state index contributed by atoms with van der Waals surface area (Å²) in [6.07, 6.45) is 2.57. The minimum absolute atomic E-state index is 0.0325. The lowest BCUT2D eigenvalue weighted by atomic mass is 10.2. The molecule has 0 aliphatic carbocycles. The van der Waals surface area contributed by atoms with Gasteiger partial charge in [-0.2, -0.15) is 0 Å². The lowest BCUT2D eigenvalue weighted by molar-refractivity contribution is 0.433. The van der Waals surface area contributed by atoms with Crippen LogP contribution in [0.25, 0.3) is 0 Å². The maximum atomic E-state index is 5.62. The molecule has 1 aliphatic rings. The van der Waals surface area contributed by atoms with Crippen molar-refractivity contribution in [2.24, 2.45) is 5.73 Å². The van der Waals surface area contributed by atoms with Crippen LogP contribution in [0, 0.1) is 0 Å². The summed E-state index contributed by atoms with van der Waals surface area (Å²) in [6.45, 7) is 0. The number of nitrogens with two attached hydrogens (primary N) is 1. The highest BCUT2D eigenvalue weighted by atomic mass is 16.3. The van der Waals surface area contributed by atoms with Crippen LogP contribution in [-0.2, 0) is 0 Å². The van der Waals surface area contributed by atoms with Gasteiger partial charge in [-0.05, 0) is 12.1 Å². The molecule has 1 saturated heterocycles. The van der Waals surface area contributed by atoms with Crippen molar-refractivity contribution in [1.29, 1.82) is 0 Å². The second-order valence-corrected chi connectivity index (χ2v) is 2.70. The Bertz CT molecular complexity index is 222. The van der Waals surface area contributed by atoms with Gasteiger partial charge in [0.15, 0.2) is 0 Å². The van der Waals surface area contributed by atoms with E-state index in [-0.39, 0.29) is 12.2 Å². The Kier molecular flexibility index (Phi) is 1.65. The first kappa shape index (κ1) is 6.84. The molecule has 0 bridgehead atoms. The Labute approximate surface area is 64.7 Å². The van der Waals surface area contributed by atoms with E-state index in [1.165, 1.54) is 0 Å². The van der Waals surface area contributed by atoms with Gasteiger partial charge in [0, 0.05) is 6.42 Å². The smallest absolute Gasteiger partial charge is 0.122 e. The number of hydrogen-bond acceptors (Lipinski definition) is 4. The van der Waals surface area contributed by atoms with Crippen molar-refractivity contribution >= 4 is 0 Å². The van der Waals surface area contributed by atoms with Gasteiger partial charge >= 0.3 is 0 Å². The predicted molar refractivity (Wildman–Crippen MR) is 40.3 cm³/mol. The Balaban J connectivity index is 2.08. The van der Waals surface area contributed by atoms with Crippen LogP contribution in [0.4, 0.5) is 0 Å². The van der Waals surface area contributed by atoms with Crippen LogP contribution in [-0.4, -0.2) is 6.17 Å². The molecule has 4 N–H and O–H groups in total. The van der Waals surface area contributed by atoms with Crippen molar-refractivity contribution in [3.05, 3.63) is 24.2 Å². The molecule has 4 nitrogen and oxygen atoms in total. The highest BCUT2D eigenvalue weighted by Crippen LogP contribution is 2.20. The fourth-order valence-corrected chi connectivity index (χ4v) is 1.26. The van der Waals surface area contributed by atoms with Gasteiger partial charge in [0.1, 0.15) is 5.76 Å². The van der Waals surface area contributed by atoms with Crippen LogP contribution in [0.15, 0.2) is 22.8 Å². The third kappa shape index (κ3) is 1.28. The molecule has 0 radical (unpaired) electrons. The minimum atomic E-state index is 0.0325. The number of rotatable bonds is 1. The lowest BCUT2D eigenvalue weighted by Gasteiger charge is -2.02. The molecule has 4 heteroatoms. The predicted octanol–water partition coefficient (Wildman–Crippen LogP) is 0.103. The summed E-state index contributed by atoms with van der Waals surface area (Å²) in [7, 11) is 0. The Morgan fingerprint density at radius 1 is 1.55 bits per heavy atom. The van der Waals surface area contributed by atoms with Crippen molar-refractivity contribution in [3.8, 4) is 0 Å². The van der Waals surface area contributed by atoms with Gasteiger partial charge in [-0.25, -0.2) is 10.9 Å². The molecular formula is C7H11N3O. The molecule has 1 fully saturated rings. The lowest BCUT2D eigenvalue weighted by Crippen LogP contribution is -2.36. The summed E-state index contributed by atoms with van der Waals surface area (Å²) in [5.41, 5.74) is 11.6. The Morgan fingerprint density at radius 2 is 2.45 bits per heavy atom. The quantitative estimate of drug-likeness (QED) is 0.535. The third-order valence-electron chi connectivity index (χ3n) is 1.82. The molecule has 0 aromatic carbocycles. The van der Waals surface area contributed by atoms with E-state index >= 15 is 0 Å². The molecular weight excluding hydrogens is 142 g/mol. The SMILES string of the molecule is NC1CC(c2ccco2)NN1. The van der Waals surface area contributed by atoms with Crippen LogP contribution in [0.1, 0.15) is 18.2 Å². The van der Waals surface area contributed by atoms with Crippen LogP contribution in [0.2, 0.25) is 0 Å². The molecule has 2 unspecified atom stereocenters. The zero-order valence-corrected chi connectivity index (χ0v) is 6.08. The van der Waals surface area contributed by atoms with Crippen LogP contribution in [0.5, 0.6) is 0 Å². The van der Waals surface area contributed by atoms with E-state index in [1.807, 2.05) is 12.1 Å². The normalized spacial score (nSPS) is 31.0. The molecule has 1 aromatic heterocycles. The topological polar surface area (TPSA) is 63.2 Å². The van der Waals surface area contributed by atoms with Gasteiger partial charge in [-0.15, -0.1) is 0 Å². The van der Waals surface area contributed by atoms with Crippen LogP contribution >= 0.6 is 0 Å². The van der Waals surface area contributed by atoms with E-state index in [0.717, 1.165) is 12.2 Å². The van der Waals surface area contributed by atoms with Crippen LogP contribution < -0.4 is 16.6 Å². The van der Waals surface area contributed by atoms with Crippen molar-refractivity contribution in [2.75, 3.05) is 0 Å². The van der Waals surface area contributed by atoms with Gasteiger partial charge in [-0.1, -0.05) is 0 Å². The van der Waals surface area contributed by atoms with Crippen molar-refractivity contribution in [3.63, 3.8) is 0 Å². The van der Waals surface area contributed by atoms with Crippen molar-refractivity contribution in [2.45, 2.75) is 18.6 Å². The number of furan rings is 1. The van der Waals surface area contributed by atoms with E-state index in [0.29, 0.717) is 0 Å². The zero-order valence-electron chi connectivity index (χ0n) is 6.08. The molecule has 0 spiro atoms. The van der Waals surface area contributed by atoms with Gasteiger partial charge in [0.2, 0.25) is 0 Å². The summed E-state index contributed by atoms with van der Waals surface area (Å²) in [6, 6.07) is 4.04. The fourth-order valence-electron chi connectivity index (χ4n) is 1.26. The highest BCUT2D eigenvalue weighted by Gasteiger charge is 2.23. The van der Waals surface area contributed by atoms with Gasteiger partial charge in [0.05, 0.1) is 18.5 Å². The van der Waals surface area contributed by atoms with E-state index in [9.17, 15) is 0 Å². The fraction of sp³-hybridized carbons (Fsp3) is 0.429. The zero-order chi connectivity index (χ0) is 7.68. The maximum absolute atomic E-state index is 5.62. The Morgan fingerprint density at radius 3 is 3.00 bits per heavy atom. The molecule has 1 aromatic rings. The monoisotopic (exact) mass is 153 g/mol. The second kappa shape index (κ2) is 2.65. The Hall–Kier alpha value is -0.840. The van der Waals surface area contributed by atoms with Gasteiger partial charge in [-0.3, -0.25) is 0 Å². The van der Waals surface area contributed by atoms with Crippen molar-refractivity contribution in [1.82, 2.24) is 10.9 Å². The second-order valence-electron chi connectivity index (χ2n) is 2.70. The first-order valence-electron chi connectivity index (χ1n) is 3.66. The van der Waals surface area contributed by atoms with Gasteiger partial charge in [0.25, 0.3) is 0 Å². The summed E-state index contributed by atoms with van der Waals surface area (Å²) in [5, 5.41) is 0. The molecule has 0 amide bonds. The molecule has 60 valence electrons. The molecule has 0 saturated carbocycles. The number of hydrogen-bond donors (Lipinski definition) is 3.